The van der Waals surface area contributed by atoms with Crippen molar-refractivity contribution in [3.63, 3.8) is 0 Å². The number of ether oxygens (including phenoxy) is 4. The van der Waals surface area contributed by atoms with E-state index in [0.29, 0.717) is 67.1 Å². The van der Waals surface area contributed by atoms with Crippen LogP contribution in [0.3, 0.4) is 0 Å². The summed E-state index contributed by atoms with van der Waals surface area (Å²) >= 11 is 0. The van der Waals surface area contributed by atoms with Gasteiger partial charge in [0.2, 0.25) is 11.2 Å². The van der Waals surface area contributed by atoms with Crippen LogP contribution in [-0.4, -0.2) is 26.4 Å². The van der Waals surface area contributed by atoms with Crippen molar-refractivity contribution in [3.05, 3.63) is 138 Å². The van der Waals surface area contributed by atoms with Crippen molar-refractivity contribution in [1.82, 2.24) is 0 Å². The van der Waals surface area contributed by atoms with Gasteiger partial charge in [-0.1, -0.05) is 68.9 Å². The molecule has 6 heteroatoms. The summed E-state index contributed by atoms with van der Waals surface area (Å²) in [7, 11) is 0. The zero-order valence-corrected chi connectivity index (χ0v) is 40.4. The first-order chi connectivity index (χ1) is 28.8. The second-order valence-electron chi connectivity index (χ2n) is 17.8. The Kier molecular flexibility index (Phi) is 19.9. The molecule has 3 aromatic rings. The van der Waals surface area contributed by atoms with E-state index >= 15 is 4.79 Å². The lowest BCUT2D eigenvalue weighted by molar-refractivity contribution is 0.334. The molecule has 0 aliphatic carbocycles. The molecular weight excluding hydrogens is 757 g/mol. The van der Waals surface area contributed by atoms with Crippen molar-refractivity contribution in [2.24, 2.45) is 0 Å². The van der Waals surface area contributed by atoms with E-state index < -0.39 is 0 Å². The highest BCUT2D eigenvalue weighted by atomic mass is 16.5. The highest BCUT2D eigenvalue weighted by Crippen LogP contribution is 2.46. The van der Waals surface area contributed by atoms with Crippen molar-refractivity contribution < 1.29 is 23.4 Å². The summed E-state index contributed by atoms with van der Waals surface area (Å²) in [5.41, 5.74) is 13.7. The van der Waals surface area contributed by atoms with Gasteiger partial charge in [0.25, 0.3) is 0 Å². The Morgan fingerprint density at radius 3 is 1.26 bits per heavy atom. The summed E-state index contributed by atoms with van der Waals surface area (Å²) in [6.07, 6.45) is 19.1. The van der Waals surface area contributed by atoms with Gasteiger partial charge in [-0.2, -0.15) is 0 Å². The van der Waals surface area contributed by atoms with Gasteiger partial charge in [0.05, 0.1) is 0 Å². The number of fused-ring (bicyclic) bond motifs is 1. The molecule has 330 valence electrons. The fraction of sp³-hybridized carbons (Fsp3) is 0.436. The van der Waals surface area contributed by atoms with E-state index in [1.807, 2.05) is 52.0 Å². The number of rotatable bonds is 21. The lowest BCUT2D eigenvalue weighted by atomic mass is 9.91. The Hall–Kier alpha value is -5.23. The smallest absolute Gasteiger partial charge is 0.239 e. The molecule has 3 rings (SSSR count). The van der Waals surface area contributed by atoms with Crippen molar-refractivity contribution in [1.29, 1.82) is 0 Å². The second kappa shape index (κ2) is 24.3. The summed E-state index contributed by atoms with van der Waals surface area (Å²) in [6, 6.07) is 4.03. The lowest BCUT2D eigenvalue weighted by Crippen LogP contribution is -2.16. The maximum absolute atomic E-state index is 15.6. The average molecular weight is 831 g/mol. The number of benzene rings is 2. The van der Waals surface area contributed by atoms with Crippen molar-refractivity contribution >= 4 is 11.0 Å². The maximum atomic E-state index is 15.6. The molecule has 0 fully saturated rings. The van der Waals surface area contributed by atoms with Crippen LogP contribution in [0.5, 0.6) is 23.0 Å². The Morgan fingerprint density at radius 1 is 0.426 bits per heavy atom. The normalized spacial score (nSPS) is 10.6. The van der Waals surface area contributed by atoms with Crippen LogP contribution in [0.25, 0.3) is 22.3 Å². The first-order valence-corrected chi connectivity index (χ1v) is 21.7. The third-order valence-electron chi connectivity index (χ3n) is 9.77. The standard InChI is InChI=1S/C55H74O6/c1-35(2)17-21-43-44(22-18-36(3)4)48(57-31-27-39(9)10)26-25-45(43)54-55(60-34-30-42(15)16)50(56)49-52(59-33-29-41(13)14)46(23-19-37(5)6)51(58-32-28-40(11)12)47(53(49)61-54)24-20-38(7)8/h17-20,25-30H,21-24,31-34H2,1-16H3. The average Bonchev–Trinajstić information content (AvgIpc) is 3.15. The maximum Gasteiger partial charge on any atom is 0.239 e. The summed E-state index contributed by atoms with van der Waals surface area (Å²) in [6.45, 7) is 34.3. The van der Waals surface area contributed by atoms with Gasteiger partial charge in [-0.3, -0.25) is 4.79 Å². The number of hydrogen-bond acceptors (Lipinski definition) is 6. The molecule has 1 heterocycles. The molecule has 0 atom stereocenters. The van der Waals surface area contributed by atoms with E-state index in [2.05, 4.69) is 120 Å². The fourth-order valence-electron chi connectivity index (χ4n) is 6.36. The van der Waals surface area contributed by atoms with Crippen LogP contribution in [0.1, 0.15) is 133 Å². The van der Waals surface area contributed by atoms with E-state index in [1.54, 1.807) is 0 Å². The highest BCUT2D eigenvalue weighted by molar-refractivity contribution is 5.94. The van der Waals surface area contributed by atoms with Crippen LogP contribution >= 0.6 is 0 Å². The van der Waals surface area contributed by atoms with Crippen molar-refractivity contribution in [3.8, 4) is 34.3 Å². The quantitative estimate of drug-likeness (QED) is 0.0996. The van der Waals surface area contributed by atoms with Gasteiger partial charge < -0.3 is 23.4 Å². The molecule has 2 aromatic carbocycles. The van der Waals surface area contributed by atoms with Crippen LogP contribution < -0.4 is 24.4 Å². The van der Waals surface area contributed by atoms with Gasteiger partial charge in [-0.25, -0.2) is 0 Å². The van der Waals surface area contributed by atoms with E-state index in [4.69, 9.17) is 23.4 Å². The molecule has 0 saturated carbocycles. The van der Waals surface area contributed by atoms with Crippen molar-refractivity contribution in [2.75, 3.05) is 26.4 Å². The minimum atomic E-state index is -0.291. The van der Waals surface area contributed by atoms with Gasteiger partial charge in [0, 0.05) is 22.3 Å². The molecular formula is C55H74O6. The topological polar surface area (TPSA) is 67.1 Å². The SMILES string of the molecule is CC(C)=CCOc1ccc(-c2oc3c(CC=C(C)C)c(OCC=C(C)C)c(CC=C(C)C)c(OCC=C(C)C)c3c(=O)c2OCC=C(C)C)c(CC=C(C)C)c1CC=C(C)C. The summed E-state index contributed by atoms with van der Waals surface area (Å²) < 4.78 is 33.9. The molecule has 0 unspecified atom stereocenters. The highest BCUT2D eigenvalue weighted by Gasteiger charge is 2.30. The minimum Gasteiger partial charge on any atom is -0.489 e. The van der Waals surface area contributed by atoms with Gasteiger partial charge >= 0.3 is 0 Å². The van der Waals surface area contributed by atoms with Gasteiger partial charge in [0.15, 0.2) is 5.76 Å². The molecule has 0 bridgehead atoms. The number of allylic oxidation sites excluding steroid dienone is 12. The molecule has 0 spiro atoms. The fourth-order valence-corrected chi connectivity index (χ4v) is 6.36. The van der Waals surface area contributed by atoms with Crippen LogP contribution in [0.2, 0.25) is 0 Å². The molecule has 1 aromatic heterocycles. The van der Waals surface area contributed by atoms with Crippen LogP contribution in [0, 0.1) is 0 Å². The first kappa shape index (κ1) is 50.1. The molecule has 0 radical (unpaired) electrons. The molecule has 0 amide bonds. The van der Waals surface area contributed by atoms with E-state index in [9.17, 15) is 0 Å². The van der Waals surface area contributed by atoms with Gasteiger partial charge in [-0.15, -0.1) is 0 Å². The molecule has 6 nitrogen and oxygen atoms in total. The molecule has 0 aliphatic heterocycles. The van der Waals surface area contributed by atoms with Crippen LogP contribution in [-0.2, 0) is 25.7 Å². The Morgan fingerprint density at radius 2 is 0.803 bits per heavy atom. The van der Waals surface area contributed by atoms with Crippen LogP contribution in [0.15, 0.2) is 115 Å². The zero-order valence-electron chi connectivity index (χ0n) is 40.4. The zero-order chi connectivity index (χ0) is 45.4. The van der Waals surface area contributed by atoms with Crippen molar-refractivity contribution in [2.45, 2.75) is 136 Å². The third-order valence-corrected chi connectivity index (χ3v) is 9.77. The predicted molar refractivity (Wildman–Crippen MR) is 260 cm³/mol. The Bertz CT molecular complexity index is 2300. The predicted octanol–water partition coefficient (Wildman–Crippen LogP) is 14.9. The van der Waals surface area contributed by atoms with Gasteiger partial charge in [0.1, 0.15) is 54.6 Å². The van der Waals surface area contributed by atoms with Crippen LogP contribution in [0.4, 0.5) is 0 Å². The first-order valence-electron chi connectivity index (χ1n) is 21.7. The monoisotopic (exact) mass is 831 g/mol. The van der Waals surface area contributed by atoms with E-state index in [0.717, 1.165) is 61.4 Å². The summed E-state index contributed by atoms with van der Waals surface area (Å²) in [4.78, 5) is 15.6. The van der Waals surface area contributed by atoms with Gasteiger partial charge in [-0.05, 0) is 178 Å². The summed E-state index contributed by atoms with van der Waals surface area (Å²) in [5, 5.41) is 0.347. The molecule has 61 heavy (non-hydrogen) atoms. The molecule has 0 N–H and O–H groups in total. The van der Waals surface area contributed by atoms with E-state index in [-0.39, 0.29) is 24.4 Å². The molecule has 0 saturated heterocycles. The Balaban J connectivity index is 2.79. The second-order valence-corrected chi connectivity index (χ2v) is 17.8. The number of hydrogen-bond donors (Lipinski definition) is 0. The van der Waals surface area contributed by atoms with E-state index in [1.165, 1.54) is 16.7 Å². The lowest BCUT2D eigenvalue weighted by Gasteiger charge is -2.23. The largest absolute Gasteiger partial charge is 0.489 e. The Labute approximate surface area is 368 Å². The third kappa shape index (κ3) is 15.3. The summed E-state index contributed by atoms with van der Waals surface area (Å²) in [5.74, 6) is 2.41. The minimum absolute atomic E-state index is 0.140. The molecule has 0 aliphatic rings.